The van der Waals surface area contributed by atoms with E-state index in [-0.39, 0.29) is 11.2 Å². The molecule has 2 aromatic carbocycles. The molecule has 0 spiro atoms. The molecule has 0 saturated heterocycles. The van der Waals surface area contributed by atoms with Crippen LogP contribution in [-0.4, -0.2) is 32.1 Å². The van der Waals surface area contributed by atoms with Gasteiger partial charge in [-0.05, 0) is 68.5 Å². The zero-order valence-corrected chi connectivity index (χ0v) is 18.4. The monoisotopic (exact) mass is 411 g/mol. The van der Waals surface area contributed by atoms with Crippen molar-refractivity contribution in [2.24, 2.45) is 0 Å². The predicted octanol–water partition coefficient (Wildman–Crippen LogP) is 4.48. The predicted molar refractivity (Wildman–Crippen MR) is 117 cm³/mol. The summed E-state index contributed by atoms with van der Waals surface area (Å²) in [6.45, 7) is 6.47. The van der Waals surface area contributed by atoms with Gasteiger partial charge < -0.3 is 0 Å². The van der Waals surface area contributed by atoms with E-state index in [2.05, 4.69) is 32.0 Å². The summed E-state index contributed by atoms with van der Waals surface area (Å²) in [5, 5.41) is 0. The van der Waals surface area contributed by atoms with Crippen LogP contribution < -0.4 is 0 Å². The number of allylic oxidation sites excluding steroid dienone is 2. The Bertz CT molecular complexity index is 1040. The maximum absolute atomic E-state index is 13.0. The molecule has 0 aromatic heterocycles. The van der Waals surface area contributed by atoms with Crippen molar-refractivity contribution in [1.82, 2.24) is 4.31 Å². The van der Waals surface area contributed by atoms with Gasteiger partial charge in [-0.1, -0.05) is 42.0 Å². The lowest BCUT2D eigenvalue weighted by Crippen LogP contribution is -2.35. The lowest BCUT2D eigenvalue weighted by atomic mass is 9.70. The Morgan fingerprint density at radius 3 is 2.28 bits per heavy atom. The van der Waals surface area contributed by atoms with Gasteiger partial charge in [-0.2, -0.15) is 0 Å². The van der Waals surface area contributed by atoms with Crippen LogP contribution >= 0.6 is 0 Å². The zero-order valence-electron chi connectivity index (χ0n) is 17.6. The van der Waals surface area contributed by atoms with Crippen LogP contribution in [0.5, 0.6) is 0 Å². The SMILES string of the molecule is Cc1ccc(S(=O)(=O)N(C)CC[C@]2(c3ccc(C)c(C)c3)C=CC(=O)CC2)cc1. The number of hydrogen-bond donors (Lipinski definition) is 0. The molecule has 3 rings (SSSR count). The number of benzene rings is 2. The molecule has 29 heavy (non-hydrogen) atoms. The molecule has 0 heterocycles. The molecule has 5 heteroatoms. The van der Waals surface area contributed by atoms with E-state index in [1.807, 2.05) is 25.1 Å². The highest BCUT2D eigenvalue weighted by molar-refractivity contribution is 7.89. The average Bonchev–Trinajstić information content (AvgIpc) is 2.70. The fourth-order valence-electron chi connectivity index (χ4n) is 3.78. The first kappa shape index (κ1) is 21.5. The highest BCUT2D eigenvalue weighted by Gasteiger charge is 2.34. The number of rotatable bonds is 6. The van der Waals surface area contributed by atoms with Crippen LogP contribution in [-0.2, 0) is 20.2 Å². The van der Waals surface area contributed by atoms with Crippen molar-refractivity contribution in [1.29, 1.82) is 0 Å². The number of nitrogens with zero attached hydrogens (tertiary/aromatic N) is 1. The second-order valence-corrected chi connectivity index (χ2v) is 10.2. The van der Waals surface area contributed by atoms with E-state index < -0.39 is 10.0 Å². The molecule has 154 valence electrons. The number of ketones is 1. The Hall–Kier alpha value is -2.24. The van der Waals surface area contributed by atoms with Gasteiger partial charge in [0.15, 0.2) is 5.78 Å². The molecule has 0 fully saturated rings. The van der Waals surface area contributed by atoms with E-state index in [1.54, 1.807) is 25.3 Å². The molecule has 0 aliphatic heterocycles. The van der Waals surface area contributed by atoms with Crippen LogP contribution in [0.1, 0.15) is 41.5 Å². The summed E-state index contributed by atoms with van der Waals surface area (Å²) in [5.74, 6) is 0.130. The van der Waals surface area contributed by atoms with Gasteiger partial charge in [0.1, 0.15) is 0 Å². The molecular weight excluding hydrogens is 382 g/mol. The van der Waals surface area contributed by atoms with Crippen LogP contribution in [0, 0.1) is 20.8 Å². The van der Waals surface area contributed by atoms with Crippen LogP contribution in [0.15, 0.2) is 59.5 Å². The molecular formula is C24H29NO3S. The van der Waals surface area contributed by atoms with Crippen LogP contribution in [0.3, 0.4) is 0 Å². The first-order valence-corrected chi connectivity index (χ1v) is 11.4. The molecule has 1 aliphatic rings. The summed E-state index contributed by atoms with van der Waals surface area (Å²) in [7, 11) is -1.92. The van der Waals surface area contributed by atoms with Gasteiger partial charge in [0.05, 0.1) is 4.90 Å². The number of hydrogen-bond acceptors (Lipinski definition) is 3. The molecule has 0 unspecified atom stereocenters. The smallest absolute Gasteiger partial charge is 0.242 e. The van der Waals surface area contributed by atoms with Gasteiger partial charge >= 0.3 is 0 Å². The van der Waals surface area contributed by atoms with Gasteiger partial charge in [-0.15, -0.1) is 0 Å². The summed E-state index contributed by atoms with van der Waals surface area (Å²) in [5.41, 5.74) is 4.26. The lowest BCUT2D eigenvalue weighted by molar-refractivity contribution is -0.115. The molecule has 4 nitrogen and oxygen atoms in total. The summed E-state index contributed by atoms with van der Waals surface area (Å²) >= 11 is 0. The van der Waals surface area contributed by atoms with Crippen LogP contribution in [0.2, 0.25) is 0 Å². The Balaban J connectivity index is 1.87. The molecule has 1 atom stereocenters. The second-order valence-electron chi connectivity index (χ2n) is 8.14. The van der Waals surface area contributed by atoms with Gasteiger partial charge in [-0.25, -0.2) is 12.7 Å². The number of carbonyl (C=O) groups is 1. The number of aryl methyl sites for hydroxylation is 3. The minimum atomic E-state index is -3.55. The number of sulfonamides is 1. The highest BCUT2D eigenvalue weighted by atomic mass is 32.2. The minimum absolute atomic E-state index is 0.130. The number of carbonyl (C=O) groups excluding carboxylic acids is 1. The Kier molecular flexibility index (Phi) is 6.11. The summed E-state index contributed by atoms with van der Waals surface area (Å²) in [6.07, 6.45) is 5.45. The standard InChI is InChI=1S/C24H29NO3S/c1-18-5-9-23(10-6-18)29(27,28)25(4)16-15-24(13-11-22(26)12-14-24)21-8-7-19(2)20(3)17-21/h5-11,13,17H,12,14-16H2,1-4H3/t24-/m0/s1. The molecule has 2 aromatic rings. The van der Waals surface area contributed by atoms with Gasteiger partial charge in [0.25, 0.3) is 0 Å². The summed E-state index contributed by atoms with van der Waals surface area (Å²) in [4.78, 5) is 12.1. The maximum atomic E-state index is 13.0. The lowest BCUT2D eigenvalue weighted by Gasteiger charge is -2.35. The third-order valence-electron chi connectivity index (χ3n) is 6.09. The van der Waals surface area contributed by atoms with Crippen molar-refractivity contribution in [2.45, 2.75) is 50.3 Å². The van der Waals surface area contributed by atoms with Gasteiger partial charge in [0, 0.05) is 25.4 Å². The van der Waals surface area contributed by atoms with Crippen LogP contribution in [0.25, 0.3) is 0 Å². The molecule has 1 aliphatic carbocycles. The molecule has 0 N–H and O–H groups in total. The van der Waals surface area contributed by atoms with Crippen molar-refractivity contribution in [2.75, 3.05) is 13.6 Å². The minimum Gasteiger partial charge on any atom is -0.295 e. The molecule has 0 amide bonds. The Morgan fingerprint density at radius 2 is 1.69 bits per heavy atom. The van der Waals surface area contributed by atoms with Crippen molar-refractivity contribution >= 4 is 15.8 Å². The Labute approximate surface area is 174 Å². The average molecular weight is 412 g/mol. The molecule has 0 bridgehead atoms. The van der Waals surface area contributed by atoms with E-state index >= 15 is 0 Å². The van der Waals surface area contributed by atoms with E-state index in [4.69, 9.17) is 0 Å². The van der Waals surface area contributed by atoms with E-state index in [0.717, 1.165) is 11.1 Å². The first-order valence-electron chi connectivity index (χ1n) is 9.97. The van der Waals surface area contributed by atoms with E-state index in [9.17, 15) is 13.2 Å². The fourth-order valence-corrected chi connectivity index (χ4v) is 4.95. The largest absolute Gasteiger partial charge is 0.295 e. The highest BCUT2D eigenvalue weighted by Crippen LogP contribution is 2.38. The Morgan fingerprint density at radius 1 is 1.00 bits per heavy atom. The van der Waals surface area contributed by atoms with Gasteiger partial charge in [-0.3, -0.25) is 4.79 Å². The van der Waals surface area contributed by atoms with Crippen molar-refractivity contribution < 1.29 is 13.2 Å². The van der Waals surface area contributed by atoms with Crippen molar-refractivity contribution in [3.8, 4) is 0 Å². The van der Waals surface area contributed by atoms with Gasteiger partial charge in [0.2, 0.25) is 10.0 Å². The van der Waals surface area contributed by atoms with Crippen molar-refractivity contribution in [3.63, 3.8) is 0 Å². The molecule has 0 radical (unpaired) electrons. The fraction of sp³-hybridized carbons (Fsp3) is 0.375. The topological polar surface area (TPSA) is 54.5 Å². The van der Waals surface area contributed by atoms with Crippen molar-refractivity contribution in [3.05, 3.63) is 76.9 Å². The zero-order chi connectivity index (χ0) is 21.2. The third-order valence-corrected chi connectivity index (χ3v) is 7.96. The second kappa shape index (κ2) is 8.25. The molecule has 0 saturated carbocycles. The maximum Gasteiger partial charge on any atom is 0.242 e. The summed E-state index contributed by atoms with van der Waals surface area (Å²) in [6, 6.07) is 13.3. The summed E-state index contributed by atoms with van der Waals surface area (Å²) < 4.78 is 27.3. The van der Waals surface area contributed by atoms with Crippen LogP contribution in [0.4, 0.5) is 0 Å². The third kappa shape index (κ3) is 4.51. The normalized spacial score (nSPS) is 19.7. The first-order chi connectivity index (χ1) is 13.6. The van der Waals surface area contributed by atoms with E-state index in [0.29, 0.717) is 30.7 Å². The van der Waals surface area contributed by atoms with E-state index in [1.165, 1.54) is 15.4 Å². The quantitative estimate of drug-likeness (QED) is 0.704.